The maximum atomic E-state index is 13.1. The second kappa shape index (κ2) is 29.3. The number of fused-ring (bicyclic) bond motifs is 2. The molecule has 5 fully saturated rings. The normalized spacial score (nSPS) is 18.4. The van der Waals surface area contributed by atoms with E-state index in [0.29, 0.717) is 54.0 Å². The molecule has 0 aliphatic carbocycles. The van der Waals surface area contributed by atoms with Crippen molar-refractivity contribution < 1.29 is 24.5 Å². The Morgan fingerprint density at radius 1 is 0.615 bits per heavy atom. The van der Waals surface area contributed by atoms with Gasteiger partial charge in [-0.1, -0.05) is 53.5 Å². The van der Waals surface area contributed by atoms with Crippen molar-refractivity contribution in [1.29, 1.82) is 0 Å². The number of likely N-dealkylation sites (tertiary alicyclic amines) is 2. The molecule has 9 heterocycles. The zero-order valence-electron chi connectivity index (χ0n) is 52.8. The topological polar surface area (TPSA) is 188 Å². The van der Waals surface area contributed by atoms with Crippen LogP contribution in [0.4, 0.5) is 34.6 Å². The van der Waals surface area contributed by atoms with Crippen molar-refractivity contribution in [3.8, 4) is 0 Å². The highest BCUT2D eigenvalue weighted by Crippen LogP contribution is 2.42. The number of ether oxygens (including phenoxy) is 1. The van der Waals surface area contributed by atoms with Crippen LogP contribution < -0.4 is 20.4 Å². The first-order valence-electron chi connectivity index (χ1n) is 32.0. The lowest BCUT2D eigenvalue weighted by molar-refractivity contribution is 0.0149. The van der Waals surface area contributed by atoms with E-state index in [2.05, 4.69) is 85.4 Å². The Morgan fingerprint density at radius 3 is 1.41 bits per heavy atom. The summed E-state index contributed by atoms with van der Waals surface area (Å²) in [5, 5.41) is 38.1. The number of aliphatic hydroxyl groups is 2. The third-order valence-electron chi connectivity index (χ3n) is 19.4. The number of hydrogen-bond acceptors (Lipinski definition) is 15. The molecule has 4 N–H and O–H groups in total. The van der Waals surface area contributed by atoms with Gasteiger partial charge in [0.2, 0.25) is 11.9 Å². The Kier molecular flexibility index (Phi) is 20.9. The van der Waals surface area contributed by atoms with Crippen LogP contribution in [0.15, 0.2) is 146 Å². The summed E-state index contributed by atoms with van der Waals surface area (Å²) >= 11 is 12.3. The first-order valence-corrected chi connectivity index (χ1v) is 32.8. The van der Waals surface area contributed by atoms with Crippen LogP contribution in [-0.4, -0.2) is 189 Å². The first-order chi connectivity index (χ1) is 44.1. The fourth-order valence-electron chi connectivity index (χ4n) is 13.5. The number of carbonyl (C=O) groups is 2. The molecular formula is C70H86Cl2N14O5. The van der Waals surface area contributed by atoms with Crippen molar-refractivity contribution in [2.24, 2.45) is 0 Å². The second-order valence-electron chi connectivity index (χ2n) is 25.0. The number of anilines is 6. The summed E-state index contributed by atoms with van der Waals surface area (Å²) in [6, 6.07) is 39.4. The molecule has 21 heteroatoms. The van der Waals surface area contributed by atoms with E-state index < -0.39 is 11.5 Å². The number of halogens is 2. The predicted molar refractivity (Wildman–Crippen MR) is 363 cm³/mol. The monoisotopic (exact) mass is 1270 g/mol. The summed E-state index contributed by atoms with van der Waals surface area (Å²) in [6.07, 6.45) is 14.8. The number of piperidine rings is 4. The van der Waals surface area contributed by atoms with Gasteiger partial charge in [-0.15, -0.1) is 16.8 Å². The molecule has 5 saturated heterocycles. The number of nitrogens with zero attached hydrogens (tertiary/aromatic N) is 12. The first kappa shape index (κ1) is 64.9. The number of carbonyl (C=O) groups excluding carboxylic acids is 2. The fourth-order valence-corrected chi connectivity index (χ4v) is 13.8. The molecule has 1 unspecified atom stereocenters. The van der Waals surface area contributed by atoms with E-state index in [1.54, 1.807) is 4.52 Å². The highest BCUT2D eigenvalue weighted by atomic mass is 35.5. The van der Waals surface area contributed by atoms with Gasteiger partial charge < -0.3 is 55.0 Å². The van der Waals surface area contributed by atoms with Gasteiger partial charge in [0.15, 0.2) is 11.3 Å². The zero-order chi connectivity index (χ0) is 63.7. The minimum atomic E-state index is -0.873. The van der Waals surface area contributed by atoms with E-state index in [4.69, 9.17) is 37.9 Å². The molecule has 13 rings (SSSR count). The molecule has 19 nitrogen and oxygen atoms in total. The summed E-state index contributed by atoms with van der Waals surface area (Å²) in [6.45, 7) is 13.1. The fraction of sp³-hybridized carbons (Fsp3) is 0.429. The smallest absolute Gasteiger partial charge is 0.253 e. The molecule has 5 aliphatic heterocycles. The number of nitrogens with one attached hydrogen (secondary N) is 2. The number of amides is 2. The number of rotatable bonds is 15. The van der Waals surface area contributed by atoms with Crippen molar-refractivity contribution in [2.75, 3.05) is 121 Å². The molecule has 0 spiro atoms. The predicted octanol–water partition coefficient (Wildman–Crippen LogP) is 11.0. The Hall–Kier alpha value is -7.62. The van der Waals surface area contributed by atoms with Gasteiger partial charge in [0, 0.05) is 121 Å². The van der Waals surface area contributed by atoms with Gasteiger partial charge in [0.25, 0.3) is 11.8 Å². The van der Waals surface area contributed by atoms with Crippen molar-refractivity contribution in [1.82, 2.24) is 48.8 Å². The van der Waals surface area contributed by atoms with E-state index >= 15 is 0 Å². The van der Waals surface area contributed by atoms with Crippen LogP contribution in [-0.2, 0) is 15.6 Å². The second-order valence-corrected chi connectivity index (χ2v) is 25.9. The van der Waals surface area contributed by atoms with Gasteiger partial charge in [0.05, 0.1) is 24.1 Å². The largest absolute Gasteiger partial charge is 0.394 e. The number of benzene rings is 4. The number of pyridine rings is 2. The molecule has 480 valence electrons. The highest BCUT2D eigenvalue weighted by Gasteiger charge is 2.43. The zero-order valence-corrected chi connectivity index (χ0v) is 54.3. The number of hydrogen-bond donors (Lipinski definition) is 4. The number of aliphatic hydroxyl groups excluding tert-OH is 2. The summed E-state index contributed by atoms with van der Waals surface area (Å²) in [4.78, 5) is 48.9. The molecule has 0 bridgehead atoms. The maximum absolute atomic E-state index is 13.1. The molecule has 0 saturated carbocycles. The molecule has 8 aromatic rings. The van der Waals surface area contributed by atoms with E-state index in [1.165, 1.54) is 18.4 Å². The van der Waals surface area contributed by atoms with Crippen LogP contribution in [0.2, 0.25) is 10.0 Å². The summed E-state index contributed by atoms with van der Waals surface area (Å²) < 4.78 is 8.52. The maximum Gasteiger partial charge on any atom is 0.253 e. The number of aromatic nitrogens is 6. The van der Waals surface area contributed by atoms with E-state index in [0.717, 1.165) is 136 Å². The van der Waals surface area contributed by atoms with E-state index in [-0.39, 0.29) is 35.9 Å². The van der Waals surface area contributed by atoms with Gasteiger partial charge in [-0.05, 0) is 213 Å². The van der Waals surface area contributed by atoms with Crippen LogP contribution in [0.1, 0.15) is 96.1 Å². The lowest BCUT2D eigenvalue weighted by atomic mass is 9.69. The average molecular weight is 1270 g/mol. The van der Waals surface area contributed by atoms with Crippen LogP contribution in [0.3, 0.4) is 0 Å². The summed E-state index contributed by atoms with van der Waals surface area (Å²) in [5.74, 6) is 1.08. The SMILES string of the molecule is C1CCOC1.C=CC1(c2ccc(Cl)cc2)CCN(c2cccn3nc(Nc4ccc(C(=O)N(C)C5CCN(C)CC5)cc4)nc23)CC1.CN1CCC(N(C)C(=O)c2ccc(Nc3nc4c(N5CCC(c6ccc(Cl)cc6)(C(O)CO)CC5)cccn4n3)cc2)CC1. The van der Waals surface area contributed by atoms with Crippen molar-refractivity contribution in [3.63, 3.8) is 0 Å². The molecule has 2 amide bonds. The van der Waals surface area contributed by atoms with Crippen LogP contribution in [0, 0.1) is 0 Å². The van der Waals surface area contributed by atoms with Gasteiger partial charge in [-0.3, -0.25) is 9.59 Å². The van der Waals surface area contributed by atoms with Crippen LogP contribution in [0.25, 0.3) is 11.3 Å². The minimum Gasteiger partial charge on any atom is -0.394 e. The van der Waals surface area contributed by atoms with Crippen molar-refractivity contribution in [3.05, 3.63) is 179 Å². The van der Waals surface area contributed by atoms with Crippen molar-refractivity contribution >= 4 is 81.0 Å². The van der Waals surface area contributed by atoms with Crippen LogP contribution >= 0.6 is 23.2 Å². The molecular weight excluding hydrogens is 1190 g/mol. The lowest BCUT2D eigenvalue weighted by Crippen LogP contribution is -2.50. The lowest BCUT2D eigenvalue weighted by Gasteiger charge is -2.45. The van der Waals surface area contributed by atoms with E-state index in [9.17, 15) is 19.8 Å². The average Bonchev–Trinajstić information content (AvgIpc) is 1.93. The minimum absolute atomic E-state index is 0.0368. The van der Waals surface area contributed by atoms with Gasteiger partial charge in [0.1, 0.15) is 0 Å². The molecule has 1 atom stereocenters. The number of allylic oxidation sites excluding steroid dienone is 1. The molecule has 91 heavy (non-hydrogen) atoms. The Morgan fingerprint density at radius 2 is 1.02 bits per heavy atom. The Balaban J connectivity index is 0.000000173. The molecule has 5 aliphatic rings. The van der Waals surface area contributed by atoms with Crippen molar-refractivity contribution in [2.45, 2.75) is 93.2 Å². The highest BCUT2D eigenvalue weighted by molar-refractivity contribution is 6.30. The summed E-state index contributed by atoms with van der Waals surface area (Å²) in [7, 11) is 8.07. The quantitative estimate of drug-likeness (QED) is 0.0710. The van der Waals surface area contributed by atoms with Crippen LogP contribution in [0.5, 0.6) is 0 Å². The molecule has 4 aromatic heterocycles. The Labute approximate surface area is 544 Å². The molecule has 0 radical (unpaired) electrons. The van der Waals surface area contributed by atoms with Gasteiger partial charge in [-0.2, -0.15) is 9.97 Å². The van der Waals surface area contributed by atoms with Gasteiger partial charge in [-0.25, -0.2) is 9.03 Å². The third-order valence-corrected chi connectivity index (χ3v) is 19.9. The standard InChI is InChI=1S/C33H40ClN7O3.C33H38ClN7O.C4H8O/c1-38-18-13-27(14-19-38)39(2)31(44)23-5-11-26(12-6-23)35-32-36-30-28(4-3-17-41(30)37-32)40-20-15-33(16-21-40,29(43)22-42)24-7-9-25(34)10-8-24;1-4-33(25-9-11-26(34)12-10-25)17-22-40(23-18-33)29-6-5-19-41-30(29)36-32(37-41)35-27-13-7-24(8-14-27)31(42)39(3)28-15-20-38(2)21-16-28;1-2-4-5-3-1/h3-12,17,27,29,42-43H,13-16,18-22H2,1-2H3,(H,35,37);4-14,19,28H,1,15-18,20-23H2,2-3H3,(H,35,37);1-4H2. The van der Waals surface area contributed by atoms with Gasteiger partial charge >= 0.3 is 0 Å². The van der Waals surface area contributed by atoms with E-state index in [1.807, 2.05) is 144 Å². The third kappa shape index (κ3) is 15.0. The molecule has 4 aromatic carbocycles. The summed E-state index contributed by atoms with van der Waals surface area (Å²) in [5.41, 5.74) is 8.14. The Bertz CT molecular complexity index is 3690.